The van der Waals surface area contributed by atoms with Crippen LogP contribution in [0.3, 0.4) is 0 Å². The molecule has 0 spiro atoms. The number of carbonyl (C=O) groups is 2. The highest BCUT2D eigenvalue weighted by atomic mass is 32.2. The van der Waals surface area contributed by atoms with Crippen molar-refractivity contribution in [1.82, 2.24) is 0 Å². The first kappa shape index (κ1) is 18.3. The van der Waals surface area contributed by atoms with Crippen molar-refractivity contribution in [1.29, 1.82) is 0 Å². The van der Waals surface area contributed by atoms with Gasteiger partial charge in [0.15, 0.2) is 11.1 Å². The van der Waals surface area contributed by atoms with Gasteiger partial charge in [-0.25, -0.2) is 4.21 Å². The molecule has 0 saturated carbocycles. The molecule has 1 rings (SSSR count). The lowest BCUT2D eigenvalue weighted by molar-refractivity contribution is -0.143. The number of esters is 1. The van der Waals surface area contributed by atoms with E-state index in [0.717, 1.165) is 5.56 Å². The van der Waals surface area contributed by atoms with Crippen LogP contribution in [0.1, 0.15) is 24.8 Å². The van der Waals surface area contributed by atoms with Gasteiger partial charge in [-0.15, -0.1) is 0 Å². The second-order valence-corrected chi connectivity index (χ2v) is 5.81. The summed E-state index contributed by atoms with van der Waals surface area (Å²) in [5.74, 6) is -0.688. The first-order valence-electron chi connectivity index (χ1n) is 6.88. The third-order valence-corrected chi connectivity index (χ3v) is 3.82. The average Bonchev–Trinajstić information content (AvgIpc) is 2.51. The van der Waals surface area contributed by atoms with Crippen molar-refractivity contribution in [2.24, 2.45) is 0 Å². The van der Waals surface area contributed by atoms with Crippen molar-refractivity contribution in [3.05, 3.63) is 42.0 Å². The lowest BCUT2D eigenvalue weighted by Gasteiger charge is -2.01. The maximum Gasteiger partial charge on any atom is 0.313 e. The summed E-state index contributed by atoms with van der Waals surface area (Å²) >= 11 is -1.49. The molecule has 22 heavy (non-hydrogen) atoms. The highest BCUT2D eigenvalue weighted by Gasteiger charge is 2.07. The molecule has 0 fully saturated rings. The molecule has 120 valence electrons. The van der Waals surface area contributed by atoms with E-state index < -0.39 is 17.0 Å². The van der Waals surface area contributed by atoms with Gasteiger partial charge in [0.05, 0.1) is 18.6 Å². The largest absolute Gasteiger partial charge is 0.469 e. The maximum absolute atomic E-state index is 11.8. The van der Waals surface area contributed by atoms with E-state index in [4.69, 9.17) is 4.18 Å². The van der Waals surface area contributed by atoms with Crippen molar-refractivity contribution in [3.63, 3.8) is 0 Å². The molecule has 0 N–H and O–H groups in total. The summed E-state index contributed by atoms with van der Waals surface area (Å²) in [6.45, 7) is 2.16. The molecule has 1 unspecified atom stereocenters. The molecule has 1 aromatic rings. The number of hydrogen-bond donors (Lipinski definition) is 0. The van der Waals surface area contributed by atoms with Gasteiger partial charge in [-0.05, 0) is 25.5 Å². The van der Waals surface area contributed by atoms with Gasteiger partial charge in [-0.2, -0.15) is 0 Å². The fourth-order valence-electron chi connectivity index (χ4n) is 1.57. The zero-order chi connectivity index (χ0) is 16.4. The summed E-state index contributed by atoms with van der Waals surface area (Å²) in [6, 6.07) is 7.28. The molecule has 5 nitrogen and oxygen atoms in total. The lowest BCUT2D eigenvalue weighted by atomic mass is 10.1. The van der Waals surface area contributed by atoms with Gasteiger partial charge in [-0.3, -0.25) is 13.8 Å². The van der Waals surface area contributed by atoms with E-state index in [-0.39, 0.29) is 25.2 Å². The Morgan fingerprint density at radius 1 is 1.18 bits per heavy atom. The fourth-order valence-corrected chi connectivity index (χ4v) is 2.27. The Morgan fingerprint density at radius 2 is 1.86 bits per heavy atom. The van der Waals surface area contributed by atoms with Crippen LogP contribution in [0.2, 0.25) is 0 Å². The van der Waals surface area contributed by atoms with Crippen molar-refractivity contribution >= 4 is 22.8 Å². The smallest absolute Gasteiger partial charge is 0.313 e. The summed E-state index contributed by atoms with van der Waals surface area (Å²) in [5.41, 5.74) is 1.09. The summed E-state index contributed by atoms with van der Waals surface area (Å²) in [7, 11) is 1.25. The lowest BCUT2D eigenvalue weighted by Crippen LogP contribution is -2.08. The van der Waals surface area contributed by atoms with Crippen molar-refractivity contribution in [2.75, 3.05) is 13.7 Å². The summed E-state index contributed by atoms with van der Waals surface area (Å²) in [4.78, 5) is 22.8. The Kier molecular flexibility index (Phi) is 8.32. The van der Waals surface area contributed by atoms with E-state index >= 15 is 0 Å². The van der Waals surface area contributed by atoms with E-state index in [0.29, 0.717) is 11.3 Å². The predicted octanol–water partition coefficient (Wildman–Crippen LogP) is 2.50. The molecule has 0 heterocycles. The Bertz CT molecular complexity index is 548. The van der Waals surface area contributed by atoms with Crippen molar-refractivity contribution in [2.45, 2.75) is 31.1 Å². The van der Waals surface area contributed by atoms with Gasteiger partial charge in [0.2, 0.25) is 0 Å². The number of Topliss-reactive ketones (excluding diaryl/α,β-unsaturated/α-hetero) is 1. The predicted molar refractivity (Wildman–Crippen MR) is 83.6 cm³/mol. The number of methoxy groups -OCH3 is 1. The molecule has 1 aromatic carbocycles. The first-order valence-corrected chi connectivity index (χ1v) is 7.95. The standard InChI is InChI=1S/C16H20O5S/c1-13-7-9-15(10-8-13)22(19)21-11-5-3-4-6-14(17)12-16(18)20-2/h3,5,7-10H,4,6,11-12H2,1-2H3/b5-3-. The Morgan fingerprint density at radius 3 is 2.50 bits per heavy atom. The minimum absolute atomic E-state index is 0.166. The van der Waals surface area contributed by atoms with Crippen LogP contribution in [0.5, 0.6) is 0 Å². The van der Waals surface area contributed by atoms with Gasteiger partial charge in [0.25, 0.3) is 0 Å². The minimum atomic E-state index is -1.49. The molecule has 0 aliphatic carbocycles. The Balaban J connectivity index is 2.21. The maximum atomic E-state index is 11.8. The molecule has 0 aliphatic heterocycles. The Labute approximate surface area is 133 Å². The number of ketones is 1. The number of hydrogen-bond acceptors (Lipinski definition) is 5. The molecule has 0 bridgehead atoms. The average molecular weight is 324 g/mol. The van der Waals surface area contributed by atoms with E-state index in [2.05, 4.69) is 4.74 Å². The van der Waals surface area contributed by atoms with Crippen LogP contribution in [-0.4, -0.2) is 29.7 Å². The van der Waals surface area contributed by atoms with Crippen LogP contribution < -0.4 is 0 Å². The van der Waals surface area contributed by atoms with Gasteiger partial charge in [0, 0.05) is 6.42 Å². The van der Waals surface area contributed by atoms with Crippen LogP contribution in [0.4, 0.5) is 0 Å². The molecule has 0 aromatic heterocycles. The molecule has 0 saturated heterocycles. The number of allylic oxidation sites excluding steroid dienone is 1. The first-order chi connectivity index (χ1) is 10.5. The highest BCUT2D eigenvalue weighted by Crippen LogP contribution is 2.09. The van der Waals surface area contributed by atoms with Crippen LogP contribution in [-0.2, 0) is 29.6 Å². The van der Waals surface area contributed by atoms with Crippen LogP contribution in [0, 0.1) is 6.92 Å². The van der Waals surface area contributed by atoms with Gasteiger partial charge < -0.3 is 4.74 Å². The molecule has 0 aliphatic rings. The summed E-state index contributed by atoms with van der Waals surface area (Å²) in [6.07, 6.45) is 4.06. The summed E-state index contributed by atoms with van der Waals surface area (Å²) < 4.78 is 21.4. The van der Waals surface area contributed by atoms with Crippen molar-refractivity contribution in [3.8, 4) is 0 Å². The highest BCUT2D eigenvalue weighted by molar-refractivity contribution is 7.80. The third kappa shape index (κ3) is 7.28. The monoisotopic (exact) mass is 324 g/mol. The minimum Gasteiger partial charge on any atom is -0.469 e. The summed E-state index contributed by atoms with van der Waals surface area (Å²) in [5, 5.41) is 0. The SMILES string of the molecule is COC(=O)CC(=O)CC/C=C\COS(=O)c1ccc(C)cc1. The molecule has 0 radical (unpaired) electrons. The van der Waals surface area contributed by atoms with Gasteiger partial charge >= 0.3 is 5.97 Å². The van der Waals surface area contributed by atoms with Gasteiger partial charge in [0.1, 0.15) is 12.2 Å². The number of ether oxygens (including phenoxy) is 1. The topological polar surface area (TPSA) is 69.7 Å². The van der Waals surface area contributed by atoms with Crippen molar-refractivity contribution < 1.29 is 22.7 Å². The van der Waals surface area contributed by atoms with E-state index in [9.17, 15) is 13.8 Å². The zero-order valence-electron chi connectivity index (χ0n) is 12.7. The quantitative estimate of drug-likeness (QED) is 0.396. The zero-order valence-corrected chi connectivity index (χ0v) is 13.6. The fraction of sp³-hybridized carbons (Fsp3) is 0.375. The molecular formula is C16H20O5S. The van der Waals surface area contributed by atoms with E-state index in [1.165, 1.54) is 7.11 Å². The second kappa shape index (κ2) is 10.0. The molecule has 1 atom stereocenters. The van der Waals surface area contributed by atoms with Crippen LogP contribution in [0.15, 0.2) is 41.3 Å². The molecule has 0 amide bonds. The second-order valence-electron chi connectivity index (χ2n) is 4.63. The number of rotatable bonds is 9. The van der Waals surface area contributed by atoms with E-state index in [1.807, 2.05) is 19.1 Å². The number of benzene rings is 1. The number of aryl methyl sites for hydroxylation is 1. The third-order valence-electron chi connectivity index (χ3n) is 2.81. The van der Waals surface area contributed by atoms with Crippen LogP contribution >= 0.6 is 0 Å². The van der Waals surface area contributed by atoms with Crippen LogP contribution in [0.25, 0.3) is 0 Å². The molecular weight excluding hydrogens is 304 g/mol. The van der Waals surface area contributed by atoms with E-state index in [1.54, 1.807) is 24.3 Å². The number of carbonyl (C=O) groups excluding carboxylic acids is 2. The Hall–Kier alpha value is -1.79. The van der Waals surface area contributed by atoms with Gasteiger partial charge in [-0.1, -0.05) is 29.8 Å². The molecule has 6 heteroatoms. The normalized spacial score (nSPS) is 12.3.